The van der Waals surface area contributed by atoms with Gasteiger partial charge in [-0.3, -0.25) is 4.79 Å². The fraction of sp³-hybridized carbons (Fsp3) is 0.667. The lowest BCUT2D eigenvalue weighted by atomic mass is 9.93. The van der Waals surface area contributed by atoms with Gasteiger partial charge in [0.25, 0.3) is 0 Å². The Hall–Kier alpha value is -1.31. The maximum absolute atomic E-state index is 11.4. The van der Waals surface area contributed by atoms with E-state index in [1.165, 1.54) is 57.8 Å². The maximum atomic E-state index is 11.4. The van der Waals surface area contributed by atoms with Gasteiger partial charge in [0.05, 0.1) is 5.92 Å². The predicted octanol–water partition coefficient (Wildman–Crippen LogP) is 6.24. The third-order valence-electron chi connectivity index (χ3n) is 4.58. The molecule has 1 aromatic rings. The Morgan fingerprint density at radius 2 is 1.39 bits per heavy atom. The number of carboxylic acid groups (broad SMARTS) is 1. The van der Waals surface area contributed by atoms with Crippen molar-refractivity contribution in [2.24, 2.45) is 5.92 Å². The lowest BCUT2D eigenvalue weighted by Crippen LogP contribution is -2.16. The van der Waals surface area contributed by atoms with Crippen LogP contribution in [0.4, 0.5) is 0 Å². The molecule has 0 amide bonds. The fourth-order valence-corrected chi connectivity index (χ4v) is 3.09. The van der Waals surface area contributed by atoms with Crippen molar-refractivity contribution in [1.29, 1.82) is 0 Å². The van der Waals surface area contributed by atoms with Crippen LogP contribution in [0.15, 0.2) is 30.3 Å². The fourth-order valence-electron chi connectivity index (χ4n) is 3.09. The number of carbonyl (C=O) groups is 1. The van der Waals surface area contributed by atoms with Crippen molar-refractivity contribution in [3.8, 4) is 0 Å². The van der Waals surface area contributed by atoms with Crippen molar-refractivity contribution >= 4 is 5.97 Å². The van der Waals surface area contributed by atoms with Crippen LogP contribution >= 0.6 is 0 Å². The van der Waals surface area contributed by atoms with E-state index >= 15 is 0 Å². The van der Waals surface area contributed by atoms with Crippen LogP contribution in [0.25, 0.3) is 0 Å². The summed E-state index contributed by atoms with van der Waals surface area (Å²) in [4.78, 5) is 11.4. The molecule has 0 bridgehead atoms. The van der Waals surface area contributed by atoms with Crippen LogP contribution in [0.5, 0.6) is 0 Å². The van der Waals surface area contributed by atoms with Gasteiger partial charge in [0, 0.05) is 0 Å². The number of benzene rings is 1. The van der Waals surface area contributed by atoms with Gasteiger partial charge in [-0.25, -0.2) is 0 Å². The molecular weight excluding hydrogens is 284 g/mol. The van der Waals surface area contributed by atoms with Gasteiger partial charge in [0.1, 0.15) is 0 Å². The van der Waals surface area contributed by atoms with Crippen molar-refractivity contribution in [3.05, 3.63) is 35.9 Å². The van der Waals surface area contributed by atoms with Gasteiger partial charge in [0.15, 0.2) is 0 Å². The summed E-state index contributed by atoms with van der Waals surface area (Å²) < 4.78 is 0. The van der Waals surface area contributed by atoms with Gasteiger partial charge in [-0.15, -0.1) is 0 Å². The van der Waals surface area contributed by atoms with Crippen molar-refractivity contribution in [3.63, 3.8) is 0 Å². The minimum atomic E-state index is -0.648. The van der Waals surface area contributed by atoms with Gasteiger partial charge in [-0.1, -0.05) is 101 Å². The summed E-state index contributed by atoms with van der Waals surface area (Å²) in [5.74, 6) is -0.878. The van der Waals surface area contributed by atoms with Crippen LogP contribution in [0, 0.1) is 5.92 Å². The minimum absolute atomic E-state index is 0.230. The molecule has 2 heteroatoms. The Labute approximate surface area is 142 Å². The van der Waals surface area contributed by atoms with Crippen LogP contribution in [0.3, 0.4) is 0 Å². The second-order valence-corrected chi connectivity index (χ2v) is 6.70. The molecule has 0 aromatic heterocycles. The highest BCUT2D eigenvalue weighted by molar-refractivity contribution is 5.70. The van der Waals surface area contributed by atoms with E-state index in [1.54, 1.807) is 0 Å². The second-order valence-electron chi connectivity index (χ2n) is 6.70. The average molecular weight is 319 g/mol. The molecule has 0 saturated carbocycles. The molecule has 1 aromatic carbocycles. The molecule has 0 saturated heterocycles. The van der Waals surface area contributed by atoms with Gasteiger partial charge in [-0.2, -0.15) is 0 Å². The predicted molar refractivity (Wildman–Crippen MR) is 97.7 cm³/mol. The molecule has 0 fully saturated rings. The van der Waals surface area contributed by atoms with Crippen LogP contribution in [0.1, 0.15) is 83.1 Å². The molecule has 0 radical (unpaired) electrons. The Morgan fingerprint density at radius 3 is 1.91 bits per heavy atom. The van der Waals surface area contributed by atoms with Crippen molar-refractivity contribution in [2.75, 3.05) is 0 Å². The molecule has 0 spiro atoms. The number of rotatable bonds is 14. The summed E-state index contributed by atoms with van der Waals surface area (Å²) in [6.07, 6.45) is 14.4. The SMILES string of the molecule is CCCCCCCCCCCC[C@@H](Cc1ccccc1)C(=O)O. The number of aliphatic carboxylic acids is 1. The molecule has 0 aliphatic carbocycles. The standard InChI is InChI=1S/C21H34O2/c1-2-3-4-5-6-7-8-9-10-14-17-20(21(22)23)18-19-15-12-11-13-16-19/h11-13,15-16,20H,2-10,14,17-18H2,1H3,(H,22,23)/t20-/m0/s1. The van der Waals surface area contributed by atoms with Gasteiger partial charge >= 0.3 is 5.97 Å². The van der Waals surface area contributed by atoms with Gasteiger partial charge in [-0.05, 0) is 18.4 Å². The summed E-state index contributed by atoms with van der Waals surface area (Å²) in [5, 5.41) is 9.38. The van der Waals surface area contributed by atoms with Crippen LogP contribution in [-0.2, 0) is 11.2 Å². The number of hydrogen-bond donors (Lipinski definition) is 1. The van der Waals surface area contributed by atoms with E-state index in [0.29, 0.717) is 6.42 Å². The Morgan fingerprint density at radius 1 is 0.870 bits per heavy atom. The van der Waals surface area contributed by atoms with E-state index in [4.69, 9.17) is 0 Å². The third kappa shape index (κ3) is 10.1. The highest BCUT2D eigenvalue weighted by atomic mass is 16.4. The first-order valence-electron chi connectivity index (χ1n) is 9.50. The number of carboxylic acids is 1. The van der Waals surface area contributed by atoms with E-state index in [9.17, 15) is 9.90 Å². The molecule has 0 heterocycles. The first-order chi connectivity index (χ1) is 11.2. The van der Waals surface area contributed by atoms with Crippen LogP contribution in [0.2, 0.25) is 0 Å². The second kappa shape index (κ2) is 13.2. The van der Waals surface area contributed by atoms with Crippen molar-refractivity contribution in [1.82, 2.24) is 0 Å². The highest BCUT2D eigenvalue weighted by Crippen LogP contribution is 2.18. The summed E-state index contributed by atoms with van der Waals surface area (Å²) in [6, 6.07) is 9.98. The Kier molecular flexibility index (Phi) is 11.3. The molecule has 1 N–H and O–H groups in total. The minimum Gasteiger partial charge on any atom is -0.481 e. The Bertz CT molecular complexity index is 400. The summed E-state index contributed by atoms with van der Waals surface area (Å²) in [7, 11) is 0. The molecule has 130 valence electrons. The molecule has 0 unspecified atom stereocenters. The van der Waals surface area contributed by atoms with E-state index < -0.39 is 5.97 Å². The molecular formula is C21H34O2. The number of hydrogen-bond acceptors (Lipinski definition) is 1. The molecule has 23 heavy (non-hydrogen) atoms. The van der Waals surface area contributed by atoms with E-state index in [1.807, 2.05) is 30.3 Å². The van der Waals surface area contributed by atoms with E-state index in [2.05, 4.69) is 6.92 Å². The number of unbranched alkanes of at least 4 members (excludes halogenated alkanes) is 9. The monoisotopic (exact) mass is 318 g/mol. The van der Waals surface area contributed by atoms with Gasteiger partial charge < -0.3 is 5.11 Å². The average Bonchev–Trinajstić information content (AvgIpc) is 2.56. The van der Waals surface area contributed by atoms with E-state index in [0.717, 1.165) is 18.4 Å². The molecule has 0 aliphatic heterocycles. The van der Waals surface area contributed by atoms with Crippen molar-refractivity contribution < 1.29 is 9.90 Å². The lowest BCUT2D eigenvalue weighted by molar-refractivity contribution is -0.142. The Balaban J connectivity index is 2.06. The molecule has 2 nitrogen and oxygen atoms in total. The highest BCUT2D eigenvalue weighted by Gasteiger charge is 2.17. The van der Waals surface area contributed by atoms with Crippen LogP contribution in [-0.4, -0.2) is 11.1 Å². The largest absolute Gasteiger partial charge is 0.481 e. The smallest absolute Gasteiger partial charge is 0.306 e. The zero-order valence-electron chi connectivity index (χ0n) is 14.8. The molecule has 1 atom stereocenters. The molecule has 1 rings (SSSR count). The summed E-state index contributed by atoms with van der Waals surface area (Å²) in [5.41, 5.74) is 1.13. The quantitative estimate of drug-likeness (QED) is 0.412. The first-order valence-corrected chi connectivity index (χ1v) is 9.50. The first kappa shape index (κ1) is 19.7. The zero-order valence-corrected chi connectivity index (χ0v) is 14.8. The third-order valence-corrected chi connectivity index (χ3v) is 4.58. The van der Waals surface area contributed by atoms with Crippen molar-refractivity contribution in [2.45, 2.75) is 84.0 Å². The normalized spacial score (nSPS) is 12.2. The van der Waals surface area contributed by atoms with E-state index in [-0.39, 0.29) is 5.92 Å². The molecule has 0 aliphatic rings. The zero-order chi connectivity index (χ0) is 16.8. The maximum Gasteiger partial charge on any atom is 0.306 e. The van der Waals surface area contributed by atoms with Gasteiger partial charge in [0.2, 0.25) is 0 Å². The summed E-state index contributed by atoms with van der Waals surface area (Å²) in [6.45, 7) is 2.25. The summed E-state index contributed by atoms with van der Waals surface area (Å²) >= 11 is 0. The van der Waals surface area contributed by atoms with Crippen LogP contribution < -0.4 is 0 Å². The lowest BCUT2D eigenvalue weighted by Gasteiger charge is -2.12. The topological polar surface area (TPSA) is 37.3 Å².